The minimum absolute atomic E-state index is 0.137. The van der Waals surface area contributed by atoms with Crippen LogP contribution >= 0.6 is 0 Å². The van der Waals surface area contributed by atoms with E-state index in [4.69, 9.17) is 9.47 Å². The first-order valence-electron chi connectivity index (χ1n) is 9.41. The minimum Gasteiger partial charge on any atom is -0.454 e. The van der Waals surface area contributed by atoms with Gasteiger partial charge in [0.05, 0.1) is 18.2 Å². The number of carbonyl (C=O) groups is 1. The van der Waals surface area contributed by atoms with Crippen molar-refractivity contribution in [3.63, 3.8) is 0 Å². The zero-order valence-corrected chi connectivity index (χ0v) is 15.6. The Labute approximate surface area is 162 Å². The molecule has 1 N–H and O–H groups in total. The fourth-order valence-electron chi connectivity index (χ4n) is 3.84. The van der Waals surface area contributed by atoms with Crippen molar-refractivity contribution in [1.82, 2.24) is 24.9 Å². The van der Waals surface area contributed by atoms with Gasteiger partial charge in [0.25, 0.3) is 0 Å². The van der Waals surface area contributed by atoms with Crippen LogP contribution < -0.4 is 9.47 Å². The van der Waals surface area contributed by atoms with E-state index in [9.17, 15) is 4.79 Å². The lowest BCUT2D eigenvalue weighted by atomic mass is 9.99. The van der Waals surface area contributed by atoms with E-state index in [1.54, 1.807) is 10.9 Å². The summed E-state index contributed by atoms with van der Waals surface area (Å²) in [5, 5.41) is 11.9. The molecule has 8 heteroatoms. The van der Waals surface area contributed by atoms with Gasteiger partial charge in [-0.25, -0.2) is 0 Å². The van der Waals surface area contributed by atoms with Crippen LogP contribution in [-0.2, 0) is 24.3 Å². The van der Waals surface area contributed by atoms with Gasteiger partial charge in [-0.3, -0.25) is 14.6 Å². The van der Waals surface area contributed by atoms with Crippen molar-refractivity contribution in [3.8, 4) is 22.8 Å². The summed E-state index contributed by atoms with van der Waals surface area (Å²) in [5.74, 6) is 1.48. The Morgan fingerprint density at radius 3 is 3.07 bits per heavy atom. The second-order valence-corrected chi connectivity index (χ2v) is 7.24. The molecule has 5 rings (SSSR count). The summed E-state index contributed by atoms with van der Waals surface area (Å²) in [7, 11) is 0. The van der Waals surface area contributed by atoms with Crippen molar-refractivity contribution < 1.29 is 14.3 Å². The zero-order valence-electron chi connectivity index (χ0n) is 15.6. The van der Waals surface area contributed by atoms with E-state index in [0.29, 0.717) is 19.6 Å². The first-order chi connectivity index (χ1) is 13.7. The highest BCUT2D eigenvalue weighted by Gasteiger charge is 2.29. The maximum Gasteiger partial charge on any atom is 0.231 e. The molecule has 0 saturated heterocycles. The molecular weight excluding hydrogens is 358 g/mol. The lowest BCUT2D eigenvalue weighted by Gasteiger charge is -2.29. The number of hydrogen-bond acceptors (Lipinski definition) is 5. The average molecular weight is 379 g/mol. The van der Waals surface area contributed by atoms with E-state index in [2.05, 4.69) is 15.3 Å². The monoisotopic (exact) mass is 379 g/mol. The van der Waals surface area contributed by atoms with Crippen LogP contribution in [-0.4, -0.2) is 44.1 Å². The average Bonchev–Trinajstić information content (AvgIpc) is 3.46. The van der Waals surface area contributed by atoms with Crippen LogP contribution in [0.15, 0.2) is 36.7 Å². The molecule has 0 radical (unpaired) electrons. The SMILES string of the molecule is CC(Cn1cccn1)C(=O)N1CCc2[nH]nc(-c3ccc4c(c3)OCO4)c2C1. The lowest BCUT2D eigenvalue weighted by molar-refractivity contribution is -0.136. The van der Waals surface area contributed by atoms with Gasteiger partial charge in [0.15, 0.2) is 11.5 Å². The molecule has 0 spiro atoms. The molecule has 1 atom stereocenters. The topological polar surface area (TPSA) is 85.3 Å². The summed E-state index contributed by atoms with van der Waals surface area (Å²) in [6, 6.07) is 7.69. The van der Waals surface area contributed by atoms with Gasteiger partial charge in [0, 0.05) is 48.7 Å². The molecule has 2 aliphatic rings. The van der Waals surface area contributed by atoms with Crippen LogP contribution in [0, 0.1) is 5.92 Å². The third kappa shape index (κ3) is 2.90. The van der Waals surface area contributed by atoms with Gasteiger partial charge in [0.1, 0.15) is 0 Å². The van der Waals surface area contributed by atoms with E-state index >= 15 is 0 Å². The molecule has 28 heavy (non-hydrogen) atoms. The van der Waals surface area contributed by atoms with Crippen molar-refractivity contribution in [3.05, 3.63) is 47.9 Å². The molecule has 3 aromatic rings. The molecule has 0 bridgehead atoms. The van der Waals surface area contributed by atoms with Crippen LogP contribution in [0.5, 0.6) is 11.5 Å². The Morgan fingerprint density at radius 1 is 1.32 bits per heavy atom. The van der Waals surface area contributed by atoms with Crippen LogP contribution in [0.3, 0.4) is 0 Å². The maximum absolute atomic E-state index is 13.0. The summed E-state index contributed by atoms with van der Waals surface area (Å²) in [6.45, 7) is 4.02. The smallest absolute Gasteiger partial charge is 0.231 e. The largest absolute Gasteiger partial charge is 0.454 e. The predicted molar refractivity (Wildman–Crippen MR) is 101 cm³/mol. The van der Waals surface area contributed by atoms with Crippen LogP contribution in [0.25, 0.3) is 11.3 Å². The highest BCUT2D eigenvalue weighted by Crippen LogP contribution is 2.37. The maximum atomic E-state index is 13.0. The molecule has 8 nitrogen and oxygen atoms in total. The third-order valence-electron chi connectivity index (χ3n) is 5.33. The number of nitrogens with one attached hydrogen (secondary N) is 1. The molecule has 4 heterocycles. The number of benzene rings is 1. The quantitative estimate of drug-likeness (QED) is 0.751. The Balaban J connectivity index is 1.37. The molecule has 0 fully saturated rings. The van der Waals surface area contributed by atoms with Gasteiger partial charge in [-0.2, -0.15) is 10.2 Å². The van der Waals surface area contributed by atoms with Gasteiger partial charge in [-0.1, -0.05) is 6.92 Å². The highest BCUT2D eigenvalue weighted by molar-refractivity contribution is 5.79. The van der Waals surface area contributed by atoms with Gasteiger partial charge >= 0.3 is 0 Å². The number of fused-ring (bicyclic) bond motifs is 2. The summed E-state index contributed by atoms with van der Waals surface area (Å²) in [5.41, 5.74) is 3.99. The van der Waals surface area contributed by atoms with Gasteiger partial charge in [-0.05, 0) is 24.3 Å². The fraction of sp³-hybridized carbons (Fsp3) is 0.350. The molecule has 1 amide bonds. The van der Waals surface area contributed by atoms with Crippen molar-refractivity contribution in [2.24, 2.45) is 5.92 Å². The number of nitrogens with zero attached hydrogens (tertiary/aromatic N) is 4. The third-order valence-corrected chi connectivity index (χ3v) is 5.33. The number of aromatic nitrogens is 4. The zero-order chi connectivity index (χ0) is 19.1. The Bertz CT molecular complexity index is 1010. The number of carbonyl (C=O) groups excluding carboxylic acids is 1. The summed E-state index contributed by atoms with van der Waals surface area (Å²) in [6.07, 6.45) is 4.38. The van der Waals surface area contributed by atoms with Crippen LogP contribution in [0.4, 0.5) is 0 Å². The second kappa shape index (κ2) is 6.70. The predicted octanol–water partition coefficient (Wildman–Crippen LogP) is 2.22. The summed E-state index contributed by atoms with van der Waals surface area (Å²) in [4.78, 5) is 14.9. The Kier molecular flexibility index (Phi) is 4.03. The molecule has 1 unspecified atom stereocenters. The van der Waals surface area contributed by atoms with Crippen molar-refractivity contribution in [1.29, 1.82) is 0 Å². The Hall–Kier alpha value is -3.29. The number of H-pyrrole nitrogens is 1. The molecular formula is C20H21N5O3. The summed E-state index contributed by atoms with van der Waals surface area (Å²) < 4.78 is 12.7. The van der Waals surface area contributed by atoms with Crippen molar-refractivity contribution in [2.45, 2.75) is 26.4 Å². The normalized spacial score (nSPS) is 16.1. The van der Waals surface area contributed by atoms with Gasteiger partial charge < -0.3 is 14.4 Å². The molecule has 0 aliphatic carbocycles. The number of aromatic amines is 1. The molecule has 0 saturated carbocycles. The molecule has 144 valence electrons. The van der Waals surface area contributed by atoms with E-state index in [1.807, 2.05) is 42.3 Å². The Morgan fingerprint density at radius 2 is 2.21 bits per heavy atom. The van der Waals surface area contributed by atoms with E-state index in [0.717, 1.165) is 40.4 Å². The first kappa shape index (κ1) is 16.9. The number of ether oxygens (including phenoxy) is 2. The molecule has 1 aromatic carbocycles. The fourth-order valence-corrected chi connectivity index (χ4v) is 3.84. The molecule has 2 aliphatic heterocycles. The number of hydrogen-bond donors (Lipinski definition) is 1. The minimum atomic E-state index is -0.137. The second-order valence-electron chi connectivity index (χ2n) is 7.24. The van der Waals surface area contributed by atoms with Crippen molar-refractivity contribution in [2.75, 3.05) is 13.3 Å². The van der Waals surface area contributed by atoms with Crippen LogP contribution in [0.1, 0.15) is 18.2 Å². The van der Waals surface area contributed by atoms with Crippen molar-refractivity contribution >= 4 is 5.91 Å². The van der Waals surface area contributed by atoms with Crippen LogP contribution in [0.2, 0.25) is 0 Å². The van der Waals surface area contributed by atoms with E-state index < -0.39 is 0 Å². The van der Waals surface area contributed by atoms with Gasteiger partial charge in [0.2, 0.25) is 12.7 Å². The van der Waals surface area contributed by atoms with E-state index in [-0.39, 0.29) is 18.6 Å². The number of amides is 1. The summed E-state index contributed by atoms with van der Waals surface area (Å²) >= 11 is 0. The first-order valence-corrected chi connectivity index (χ1v) is 9.41. The van der Waals surface area contributed by atoms with Gasteiger partial charge in [-0.15, -0.1) is 0 Å². The highest BCUT2D eigenvalue weighted by atomic mass is 16.7. The lowest BCUT2D eigenvalue weighted by Crippen LogP contribution is -2.40. The molecule has 2 aromatic heterocycles. The standard InChI is InChI=1S/C20H21N5O3/c1-13(10-25-7-2-6-21-25)20(26)24-8-5-16-15(11-24)19(23-22-16)14-3-4-17-18(9-14)28-12-27-17/h2-4,6-7,9,13H,5,8,10-12H2,1H3,(H,22,23). The van der Waals surface area contributed by atoms with E-state index in [1.165, 1.54) is 0 Å². The number of rotatable bonds is 4.